The Morgan fingerprint density at radius 3 is 2.65 bits per heavy atom. The fourth-order valence-electron chi connectivity index (χ4n) is 4.99. The predicted molar refractivity (Wildman–Crippen MR) is 160 cm³/mol. The summed E-state index contributed by atoms with van der Waals surface area (Å²) >= 11 is 0.828. The maximum atomic E-state index is 13.8. The number of ether oxygens (including phenoxy) is 1. The summed E-state index contributed by atoms with van der Waals surface area (Å²) in [5.41, 5.74) is 6.89. The number of furan rings is 1. The second-order valence-corrected chi connectivity index (χ2v) is 10.7. The van der Waals surface area contributed by atoms with Gasteiger partial charge < -0.3 is 20.2 Å². The number of halogens is 2. The van der Waals surface area contributed by atoms with E-state index in [0.717, 1.165) is 27.8 Å². The van der Waals surface area contributed by atoms with Gasteiger partial charge in [-0.3, -0.25) is 14.3 Å². The number of carbonyl (C=O) groups excluding carboxylic acids is 2. The van der Waals surface area contributed by atoms with Gasteiger partial charge in [-0.05, 0) is 49.1 Å². The molecule has 43 heavy (non-hydrogen) atoms. The van der Waals surface area contributed by atoms with Gasteiger partial charge in [0.1, 0.15) is 33.5 Å². The van der Waals surface area contributed by atoms with E-state index < -0.39 is 23.9 Å². The molecule has 0 unspecified atom stereocenters. The molecular weight excluding hydrogens is 576 g/mol. The van der Waals surface area contributed by atoms with Crippen molar-refractivity contribution < 1.29 is 27.5 Å². The standard InChI is InChI=1S/C31H25F2N5O4S/c1-3-38-16(2)21(14-35-38)20-13-22(28(32)33)36-31-25(20)26(27(43-31)29(34)39)37-30(40)24-12-11-18(42-24)15-41-23-10-6-8-17-7-4-5-9-19(17)23/h4-14,28H,3,15H2,1-2H3,(H2,34,39)(H,37,40). The first-order valence-corrected chi connectivity index (χ1v) is 14.2. The number of nitrogens with two attached hydrogens (primary N) is 1. The number of primary amides is 1. The summed E-state index contributed by atoms with van der Waals surface area (Å²) in [4.78, 5) is 30.0. The molecule has 6 rings (SSSR count). The first-order valence-electron chi connectivity index (χ1n) is 13.3. The van der Waals surface area contributed by atoms with E-state index in [4.69, 9.17) is 14.9 Å². The Balaban J connectivity index is 1.34. The first-order chi connectivity index (χ1) is 20.7. The summed E-state index contributed by atoms with van der Waals surface area (Å²) in [6.45, 7) is 4.35. The quantitative estimate of drug-likeness (QED) is 0.182. The van der Waals surface area contributed by atoms with Crippen molar-refractivity contribution >= 4 is 49.8 Å². The van der Waals surface area contributed by atoms with Gasteiger partial charge in [0.15, 0.2) is 5.76 Å². The number of hydrogen-bond acceptors (Lipinski definition) is 7. The van der Waals surface area contributed by atoms with Gasteiger partial charge in [-0.2, -0.15) is 5.10 Å². The third kappa shape index (κ3) is 5.21. The summed E-state index contributed by atoms with van der Waals surface area (Å²) in [5.74, 6) is -0.480. The van der Waals surface area contributed by atoms with Crippen molar-refractivity contribution in [3.63, 3.8) is 0 Å². The molecule has 2 aromatic carbocycles. The Kier molecular flexibility index (Phi) is 7.36. The SMILES string of the molecule is CCn1ncc(-c2cc(C(F)F)nc3sc(C(N)=O)c(NC(=O)c4ccc(COc5cccc6ccccc56)o4)c23)c1C. The molecule has 0 aliphatic rings. The van der Waals surface area contributed by atoms with Crippen LogP contribution in [0.25, 0.3) is 32.1 Å². The lowest BCUT2D eigenvalue weighted by Gasteiger charge is -2.10. The molecule has 2 amide bonds. The summed E-state index contributed by atoms with van der Waals surface area (Å²) in [5, 5.41) is 9.34. The lowest BCUT2D eigenvalue weighted by Crippen LogP contribution is -2.16. The van der Waals surface area contributed by atoms with Crippen LogP contribution >= 0.6 is 11.3 Å². The van der Waals surface area contributed by atoms with Crippen molar-refractivity contribution in [3.05, 3.63) is 94.6 Å². The fourth-order valence-corrected chi connectivity index (χ4v) is 6.00. The van der Waals surface area contributed by atoms with E-state index in [9.17, 15) is 18.4 Å². The maximum Gasteiger partial charge on any atom is 0.291 e. The van der Waals surface area contributed by atoms with E-state index in [1.54, 1.807) is 16.9 Å². The van der Waals surface area contributed by atoms with Gasteiger partial charge in [-0.25, -0.2) is 13.8 Å². The number of thiophene rings is 1. The molecule has 12 heteroatoms. The van der Waals surface area contributed by atoms with Crippen LogP contribution in [0.1, 0.15) is 50.7 Å². The van der Waals surface area contributed by atoms with Crippen molar-refractivity contribution in [2.75, 3.05) is 5.32 Å². The number of nitrogens with zero attached hydrogens (tertiary/aromatic N) is 3. The van der Waals surface area contributed by atoms with Crippen molar-refractivity contribution in [2.24, 2.45) is 5.73 Å². The molecule has 0 aliphatic heterocycles. The third-order valence-electron chi connectivity index (χ3n) is 7.07. The van der Waals surface area contributed by atoms with Gasteiger partial charge in [0, 0.05) is 28.6 Å². The number of pyridine rings is 1. The summed E-state index contributed by atoms with van der Waals surface area (Å²) in [6, 6.07) is 17.9. The number of amides is 2. The van der Waals surface area contributed by atoms with E-state index >= 15 is 0 Å². The molecule has 0 saturated carbocycles. The Bertz CT molecular complexity index is 2010. The van der Waals surface area contributed by atoms with Crippen molar-refractivity contribution in [1.29, 1.82) is 0 Å². The highest BCUT2D eigenvalue weighted by molar-refractivity contribution is 7.21. The molecule has 4 aromatic heterocycles. The van der Waals surface area contributed by atoms with Crippen LogP contribution in [0.2, 0.25) is 0 Å². The van der Waals surface area contributed by atoms with Gasteiger partial charge >= 0.3 is 0 Å². The van der Waals surface area contributed by atoms with E-state index in [1.807, 2.05) is 56.3 Å². The van der Waals surface area contributed by atoms with Crippen molar-refractivity contribution in [1.82, 2.24) is 14.8 Å². The number of aromatic nitrogens is 3. The molecule has 0 saturated heterocycles. The predicted octanol–water partition coefficient (Wildman–Crippen LogP) is 7.10. The van der Waals surface area contributed by atoms with E-state index in [-0.39, 0.29) is 27.8 Å². The Labute approximate surface area is 247 Å². The normalized spacial score (nSPS) is 11.5. The van der Waals surface area contributed by atoms with Crippen LogP contribution in [-0.2, 0) is 13.2 Å². The van der Waals surface area contributed by atoms with Crippen LogP contribution in [0.4, 0.5) is 14.5 Å². The topological polar surface area (TPSA) is 125 Å². The number of benzene rings is 2. The Hall–Kier alpha value is -5.10. The first kappa shape index (κ1) is 28.0. The molecule has 0 fully saturated rings. The van der Waals surface area contributed by atoms with Gasteiger partial charge in [0.2, 0.25) is 0 Å². The zero-order valence-corrected chi connectivity index (χ0v) is 23.9. The van der Waals surface area contributed by atoms with Crippen LogP contribution < -0.4 is 15.8 Å². The number of alkyl halides is 2. The smallest absolute Gasteiger partial charge is 0.291 e. The maximum absolute atomic E-state index is 13.8. The minimum absolute atomic E-state index is 0.0323. The van der Waals surface area contributed by atoms with E-state index in [0.29, 0.717) is 34.6 Å². The van der Waals surface area contributed by atoms with E-state index in [1.165, 1.54) is 12.1 Å². The number of nitrogens with one attached hydrogen (secondary N) is 1. The number of rotatable bonds is 9. The zero-order chi connectivity index (χ0) is 30.2. The monoisotopic (exact) mass is 601 g/mol. The Morgan fingerprint density at radius 1 is 1.12 bits per heavy atom. The van der Waals surface area contributed by atoms with Gasteiger partial charge in [0.05, 0.1) is 11.9 Å². The number of carbonyl (C=O) groups is 2. The lowest BCUT2D eigenvalue weighted by atomic mass is 10.0. The highest BCUT2D eigenvalue weighted by Gasteiger charge is 2.27. The summed E-state index contributed by atoms with van der Waals surface area (Å²) in [7, 11) is 0. The van der Waals surface area contributed by atoms with Crippen LogP contribution in [-0.4, -0.2) is 26.6 Å². The summed E-state index contributed by atoms with van der Waals surface area (Å²) < 4.78 is 41.1. The molecule has 218 valence electrons. The Morgan fingerprint density at radius 2 is 1.91 bits per heavy atom. The molecule has 0 atom stereocenters. The second kappa shape index (κ2) is 11.3. The highest BCUT2D eigenvalue weighted by Crippen LogP contribution is 2.43. The van der Waals surface area contributed by atoms with Crippen LogP contribution in [0.5, 0.6) is 5.75 Å². The average Bonchev–Trinajstić information content (AvgIpc) is 3.72. The second-order valence-electron chi connectivity index (χ2n) is 9.69. The molecule has 3 N–H and O–H groups in total. The minimum Gasteiger partial charge on any atom is -0.485 e. The largest absolute Gasteiger partial charge is 0.485 e. The van der Waals surface area contributed by atoms with Crippen LogP contribution in [0.15, 0.2) is 71.3 Å². The van der Waals surface area contributed by atoms with Gasteiger partial charge in [-0.1, -0.05) is 36.4 Å². The van der Waals surface area contributed by atoms with Crippen LogP contribution in [0.3, 0.4) is 0 Å². The number of hydrogen-bond donors (Lipinski definition) is 2. The third-order valence-corrected chi connectivity index (χ3v) is 8.16. The molecule has 0 radical (unpaired) electrons. The number of aryl methyl sites for hydroxylation is 1. The van der Waals surface area contributed by atoms with Crippen molar-refractivity contribution in [3.8, 4) is 16.9 Å². The molecule has 0 aliphatic carbocycles. The number of anilines is 1. The molecular formula is C31H25F2N5O4S. The average molecular weight is 602 g/mol. The van der Waals surface area contributed by atoms with Gasteiger partial charge in [0.25, 0.3) is 18.2 Å². The highest BCUT2D eigenvalue weighted by atomic mass is 32.1. The zero-order valence-electron chi connectivity index (χ0n) is 23.1. The van der Waals surface area contributed by atoms with Crippen LogP contribution in [0, 0.1) is 6.92 Å². The molecule has 4 heterocycles. The fraction of sp³-hybridized carbons (Fsp3) is 0.161. The van der Waals surface area contributed by atoms with Crippen molar-refractivity contribution in [2.45, 2.75) is 33.4 Å². The summed E-state index contributed by atoms with van der Waals surface area (Å²) in [6.07, 6.45) is -1.30. The molecule has 6 aromatic rings. The van der Waals surface area contributed by atoms with E-state index in [2.05, 4.69) is 15.4 Å². The van der Waals surface area contributed by atoms with Gasteiger partial charge in [-0.15, -0.1) is 11.3 Å². The molecule has 0 bridgehead atoms. The molecule has 9 nitrogen and oxygen atoms in total. The minimum atomic E-state index is -2.86. The lowest BCUT2D eigenvalue weighted by molar-refractivity contribution is 0.0992. The number of fused-ring (bicyclic) bond motifs is 2. The molecule has 0 spiro atoms.